The number of carbonyl (C=O) groups is 1. The van der Waals surface area contributed by atoms with Crippen molar-refractivity contribution in [2.24, 2.45) is 0 Å². The van der Waals surface area contributed by atoms with Crippen LogP contribution in [0.5, 0.6) is 5.75 Å². The van der Waals surface area contributed by atoms with E-state index in [-0.39, 0.29) is 0 Å². The first-order valence-electron chi connectivity index (χ1n) is 6.94. The normalized spacial score (nSPS) is 12.0. The SMILES string of the molecule is COc1ccc(C(Cc2ccccc2C)C(=O)O)cc1C. The molecule has 0 bridgehead atoms. The number of ether oxygens (including phenoxy) is 1. The minimum absolute atomic E-state index is 0.494. The van der Waals surface area contributed by atoms with E-state index in [1.54, 1.807) is 7.11 Å². The first kappa shape index (κ1) is 15.1. The van der Waals surface area contributed by atoms with Gasteiger partial charge in [0.05, 0.1) is 13.0 Å². The third-order valence-electron chi connectivity index (χ3n) is 3.80. The topological polar surface area (TPSA) is 46.5 Å². The summed E-state index contributed by atoms with van der Waals surface area (Å²) < 4.78 is 5.23. The van der Waals surface area contributed by atoms with Gasteiger partial charge in [0.1, 0.15) is 5.75 Å². The van der Waals surface area contributed by atoms with Crippen molar-refractivity contribution in [2.75, 3.05) is 7.11 Å². The molecular formula is C18H20O3. The number of benzene rings is 2. The van der Waals surface area contributed by atoms with Gasteiger partial charge in [0.2, 0.25) is 0 Å². The summed E-state index contributed by atoms with van der Waals surface area (Å²) in [5, 5.41) is 9.57. The number of methoxy groups -OCH3 is 1. The molecule has 0 heterocycles. The van der Waals surface area contributed by atoms with Crippen molar-refractivity contribution >= 4 is 5.97 Å². The van der Waals surface area contributed by atoms with E-state index in [4.69, 9.17) is 4.74 Å². The van der Waals surface area contributed by atoms with Gasteiger partial charge in [-0.1, -0.05) is 36.4 Å². The Morgan fingerprint density at radius 1 is 1.14 bits per heavy atom. The lowest BCUT2D eigenvalue weighted by molar-refractivity contribution is -0.138. The number of rotatable bonds is 5. The highest BCUT2D eigenvalue weighted by Crippen LogP contribution is 2.27. The van der Waals surface area contributed by atoms with Crippen LogP contribution in [0.15, 0.2) is 42.5 Å². The molecule has 0 aliphatic rings. The molecule has 0 aliphatic heterocycles. The maximum absolute atomic E-state index is 11.7. The highest BCUT2D eigenvalue weighted by atomic mass is 16.5. The zero-order valence-corrected chi connectivity index (χ0v) is 12.6. The first-order valence-corrected chi connectivity index (χ1v) is 6.94. The van der Waals surface area contributed by atoms with Gasteiger partial charge < -0.3 is 9.84 Å². The molecule has 0 spiro atoms. The highest BCUT2D eigenvalue weighted by molar-refractivity contribution is 5.76. The van der Waals surface area contributed by atoms with Crippen LogP contribution >= 0.6 is 0 Å². The van der Waals surface area contributed by atoms with Crippen LogP contribution in [0.4, 0.5) is 0 Å². The zero-order chi connectivity index (χ0) is 15.4. The molecule has 21 heavy (non-hydrogen) atoms. The summed E-state index contributed by atoms with van der Waals surface area (Å²) in [7, 11) is 1.62. The molecule has 0 saturated carbocycles. The summed E-state index contributed by atoms with van der Waals surface area (Å²) in [5.74, 6) is -0.572. The van der Waals surface area contributed by atoms with Crippen molar-refractivity contribution in [1.82, 2.24) is 0 Å². The van der Waals surface area contributed by atoms with Crippen LogP contribution in [0.3, 0.4) is 0 Å². The zero-order valence-electron chi connectivity index (χ0n) is 12.6. The predicted octanol–water partition coefficient (Wildman–Crippen LogP) is 3.72. The van der Waals surface area contributed by atoms with E-state index in [9.17, 15) is 9.90 Å². The van der Waals surface area contributed by atoms with Gasteiger partial charge in [0, 0.05) is 0 Å². The van der Waals surface area contributed by atoms with Gasteiger partial charge in [-0.15, -0.1) is 0 Å². The Morgan fingerprint density at radius 2 is 1.86 bits per heavy atom. The molecule has 0 saturated heterocycles. The number of hydrogen-bond donors (Lipinski definition) is 1. The van der Waals surface area contributed by atoms with Gasteiger partial charge in [-0.2, -0.15) is 0 Å². The van der Waals surface area contributed by atoms with Gasteiger partial charge in [0.25, 0.3) is 0 Å². The lowest BCUT2D eigenvalue weighted by Gasteiger charge is -2.16. The molecule has 2 aromatic carbocycles. The van der Waals surface area contributed by atoms with Crippen LogP contribution in [-0.2, 0) is 11.2 Å². The molecule has 1 atom stereocenters. The Balaban J connectivity index is 2.34. The molecule has 0 aliphatic carbocycles. The average molecular weight is 284 g/mol. The van der Waals surface area contributed by atoms with E-state index in [1.165, 1.54) is 0 Å². The third kappa shape index (κ3) is 3.43. The van der Waals surface area contributed by atoms with E-state index in [0.29, 0.717) is 6.42 Å². The van der Waals surface area contributed by atoms with Crippen molar-refractivity contribution in [3.8, 4) is 5.75 Å². The Hall–Kier alpha value is -2.29. The van der Waals surface area contributed by atoms with Crippen LogP contribution in [0.1, 0.15) is 28.2 Å². The standard InChI is InChI=1S/C18H20O3/c1-12-6-4-5-7-14(12)11-16(18(19)20)15-8-9-17(21-3)13(2)10-15/h4-10,16H,11H2,1-3H3,(H,19,20). The Bertz CT molecular complexity index is 647. The number of aryl methyl sites for hydroxylation is 2. The molecule has 2 rings (SSSR count). The van der Waals surface area contributed by atoms with Gasteiger partial charge in [0.15, 0.2) is 0 Å². The van der Waals surface area contributed by atoms with Crippen molar-refractivity contribution in [2.45, 2.75) is 26.2 Å². The Kier molecular flexibility index (Phi) is 4.63. The van der Waals surface area contributed by atoms with Gasteiger partial charge in [-0.3, -0.25) is 4.79 Å². The molecule has 1 unspecified atom stereocenters. The summed E-state index contributed by atoms with van der Waals surface area (Å²) in [4.78, 5) is 11.7. The van der Waals surface area contributed by atoms with Crippen molar-refractivity contribution in [3.63, 3.8) is 0 Å². The molecule has 110 valence electrons. The lowest BCUT2D eigenvalue weighted by Crippen LogP contribution is -2.15. The fourth-order valence-corrected chi connectivity index (χ4v) is 2.53. The van der Waals surface area contributed by atoms with E-state index < -0.39 is 11.9 Å². The fourth-order valence-electron chi connectivity index (χ4n) is 2.53. The number of hydrogen-bond acceptors (Lipinski definition) is 2. The highest BCUT2D eigenvalue weighted by Gasteiger charge is 2.21. The van der Waals surface area contributed by atoms with E-state index in [2.05, 4.69) is 0 Å². The molecule has 2 aromatic rings. The second-order valence-corrected chi connectivity index (χ2v) is 5.25. The quantitative estimate of drug-likeness (QED) is 0.910. The van der Waals surface area contributed by atoms with Crippen LogP contribution < -0.4 is 4.74 Å². The van der Waals surface area contributed by atoms with E-state index >= 15 is 0 Å². The summed E-state index contributed by atoms with van der Waals surface area (Å²) in [6.07, 6.45) is 0.494. The lowest BCUT2D eigenvalue weighted by atomic mass is 9.89. The second-order valence-electron chi connectivity index (χ2n) is 5.25. The first-order chi connectivity index (χ1) is 10.0. The van der Waals surface area contributed by atoms with Crippen molar-refractivity contribution in [3.05, 3.63) is 64.7 Å². The minimum atomic E-state index is -0.803. The number of carboxylic acid groups (broad SMARTS) is 1. The number of aliphatic carboxylic acids is 1. The number of carboxylic acids is 1. The maximum atomic E-state index is 11.7. The van der Waals surface area contributed by atoms with Crippen molar-refractivity contribution < 1.29 is 14.6 Å². The Morgan fingerprint density at radius 3 is 2.43 bits per heavy atom. The predicted molar refractivity (Wildman–Crippen MR) is 83.0 cm³/mol. The second kappa shape index (κ2) is 6.44. The molecule has 0 aromatic heterocycles. The summed E-state index contributed by atoms with van der Waals surface area (Å²) >= 11 is 0. The van der Waals surface area contributed by atoms with Gasteiger partial charge in [-0.05, 0) is 48.6 Å². The molecule has 0 radical (unpaired) electrons. The molecule has 3 heteroatoms. The molecule has 0 fully saturated rings. The van der Waals surface area contributed by atoms with Crippen LogP contribution in [0, 0.1) is 13.8 Å². The fraction of sp³-hybridized carbons (Fsp3) is 0.278. The molecular weight excluding hydrogens is 264 g/mol. The third-order valence-corrected chi connectivity index (χ3v) is 3.80. The molecule has 0 amide bonds. The summed E-state index contributed by atoms with van der Waals surface area (Å²) in [6.45, 7) is 3.93. The summed E-state index contributed by atoms with van der Waals surface area (Å²) in [6, 6.07) is 13.5. The average Bonchev–Trinajstić information content (AvgIpc) is 2.46. The van der Waals surface area contributed by atoms with E-state index in [0.717, 1.165) is 28.0 Å². The van der Waals surface area contributed by atoms with Crippen LogP contribution in [0.25, 0.3) is 0 Å². The smallest absolute Gasteiger partial charge is 0.311 e. The van der Waals surface area contributed by atoms with Crippen LogP contribution in [-0.4, -0.2) is 18.2 Å². The van der Waals surface area contributed by atoms with E-state index in [1.807, 2.05) is 56.3 Å². The van der Waals surface area contributed by atoms with Gasteiger partial charge in [-0.25, -0.2) is 0 Å². The summed E-state index contributed by atoms with van der Waals surface area (Å²) in [5.41, 5.74) is 3.95. The molecule has 3 nitrogen and oxygen atoms in total. The van der Waals surface area contributed by atoms with Crippen LogP contribution in [0.2, 0.25) is 0 Å². The monoisotopic (exact) mass is 284 g/mol. The molecule has 1 N–H and O–H groups in total. The van der Waals surface area contributed by atoms with Crippen molar-refractivity contribution in [1.29, 1.82) is 0 Å². The minimum Gasteiger partial charge on any atom is -0.496 e. The maximum Gasteiger partial charge on any atom is 0.311 e. The van der Waals surface area contributed by atoms with Gasteiger partial charge >= 0.3 is 5.97 Å². The Labute approximate surface area is 125 Å². The largest absolute Gasteiger partial charge is 0.496 e.